The first-order chi connectivity index (χ1) is 26.8. The van der Waals surface area contributed by atoms with E-state index < -0.39 is 0 Å². The van der Waals surface area contributed by atoms with Crippen LogP contribution in [-0.4, -0.2) is 11.3 Å². The Labute approximate surface area is 324 Å². The Balaban J connectivity index is 1.32. The van der Waals surface area contributed by atoms with E-state index in [0.717, 1.165) is 0 Å². The first-order valence-corrected chi connectivity index (χ1v) is 20.2. The summed E-state index contributed by atoms with van der Waals surface area (Å²) in [6.45, 7) is 0. The topological polar surface area (TPSA) is 6.48 Å². The number of hydrogen-bond donors (Lipinski definition) is 0. The Morgan fingerprint density at radius 3 is 1.50 bits per heavy atom. The maximum absolute atomic E-state index is 2.62. The highest BCUT2D eigenvalue weighted by Gasteiger charge is 2.36. The van der Waals surface area contributed by atoms with Gasteiger partial charge in [0.25, 0.3) is 0 Å². The van der Waals surface area contributed by atoms with Crippen molar-refractivity contribution in [1.29, 1.82) is 0 Å². The lowest BCUT2D eigenvalue weighted by molar-refractivity contribution is 0.781. The van der Waals surface area contributed by atoms with Gasteiger partial charge in [-0.1, -0.05) is 157 Å². The molecule has 0 bridgehead atoms. The van der Waals surface area contributed by atoms with Gasteiger partial charge in [-0.2, -0.15) is 0 Å². The number of nitrogens with zero attached hydrogens (tertiary/aromatic N) is 2. The summed E-state index contributed by atoms with van der Waals surface area (Å²) in [5, 5.41) is 5.30. The molecule has 3 aliphatic rings. The van der Waals surface area contributed by atoms with Crippen molar-refractivity contribution >= 4 is 73.5 Å². The summed E-state index contributed by atoms with van der Waals surface area (Å²) in [4.78, 5) is 8.94. The van der Waals surface area contributed by atoms with Gasteiger partial charge in [0.15, 0.2) is 0 Å². The lowest BCUT2D eigenvalue weighted by atomic mass is 9.84. The molecule has 0 saturated carbocycles. The molecule has 2 aliphatic heterocycles. The summed E-state index contributed by atoms with van der Waals surface area (Å²) < 4.78 is 0. The van der Waals surface area contributed by atoms with Crippen LogP contribution < -0.4 is 9.80 Å². The molecule has 2 unspecified atom stereocenters. The van der Waals surface area contributed by atoms with E-state index in [4.69, 9.17) is 0 Å². The van der Waals surface area contributed by atoms with E-state index in [1.165, 1.54) is 86.9 Å². The Morgan fingerprint density at radius 1 is 0.389 bits per heavy atom. The highest BCUT2D eigenvalue weighted by Crippen LogP contribution is 2.57. The van der Waals surface area contributed by atoms with Crippen molar-refractivity contribution in [3.63, 3.8) is 0 Å². The molecular weight excluding hydrogens is 693 g/mol. The van der Waals surface area contributed by atoms with Gasteiger partial charge in [-0.05, 0) is 81.6 Å². The van der Waals surface area contributed by atoms with Crippen molar-refractivity contribution < 1.29 is 0 Å². The lowest BCUT2D eigenvalue weighted by Crippen LogP contribution is -2.41. The molecule has 8 aromatic rings. The number of rotatable bonds is 4. The van der Waals surface area contributed by atoms with Gasteiger partial charge in [0.1, 0.15) is 0 Å². The van der Waals surface area contributed by atoms with E-state index in [9.17, 15) is 0 Å². The van der Waals surface area contributed by atoms with E-state index in [1.54, 1.807) is 0 Å². The predicted molar refractivity (Wildman–Crippen MR) is 231 cm³/mol. The third-order valence-electron chi connectivity index (χ3n) is 10.9. The molecule has 2 nitrogen and oxygen atoms in total. The van der Waals surface area contributed by atoms with Crippen LogP contribution in [0, 0.1) is 0 Å². The summed E-state index contributed by atoms with van der Waals surface area (Å²) in [6.07, 6.45) is 9.17. The van der Waals surface area contributed by atoms with Crippen LogP contribution in [0.5, 0.6) is 0 Å². The molecule has 4 heteroatoms. The second-order valence-corrected chi connectivity index (χ2v) is 16.2. The first-order valence-electron chi connectivity index (χ1n) is 18.5. The van der Waals surface area contributed by atoms with Crippen LogP contribution in [-0.2, 0) is 0 Å². The van der Waals surface area contributed by atoms with Crippen LogP contribution in [0.15, 0.2) is 209 Å². The molecule has 11 rings (SSSR count). The Hall–Kier alpha value is -5.94. The summed E-state index contributed by atoms with van der Waals surface area (Å²) in [7, 11) is 0. The lowest BCUT2D eigenvalue weighted by Gasteiger charge is -2.42. The van der Waals surface area contributed by atoms with Gasteiger partial charge in [-0.15, -0.1) is 11.8 Å². The van der Waals surface area contributed by atoms with Crippen LogP contribution in [0.4, 0.5) is 28.4 Å². The fourth-order valence-corrected chi connectivity index (χ4v) is 11.0. The highest BCUT2D eigenvalue weighted by atomic mass is 32.2. The molecule has 0 amide bonds. The zero-order valence-corrected chi connectivity index (χ0v) is 31.0. The Morgan fingerprint density at radius 2 is 0.870 bits per heavy atom. The van der Waals surface area contributed by atoms with Gasteiger partial charge in [0.05, 0.1) is 39.7 Å². The zero-order chi connectivity index (χ0) is 35.6. The van der Waals surface area contributed by atoms with Crippen molar-refractivity contribution in [1.82, 2.24) is 0 Å². The molecule has 1 aliphatic carbocycles. The molecule has 0 aromatic heterocycles. The third kappa shape index (κ3) is 4.91. The molecule has 54 heavy (non-hydrogen) atoms. The normalized spacial score (nSPS) is 16.9. The van der Waals surface area contributed by atoms with E-state index in [2.05, 4.69) is 204 Å². The van der Waals surface area contributed by atoms with E-state index >= 15 is 0 Å². The van der Waals surface area contributed by atoms with Gasteiger partial charge < -0.3 is 9.80 Å². The minimum atomic E-state index is 0.171. The second-order valence-electron chi connectivity index (χ2n) is 13.9. The number of para-hydroxylation sites is 3. The van der Waals surface area contributed by atoms with Crippen molar-refractivity contribution in [2.45, 2.75) is 26.0 Å². The van der Waals surface area contributed by atoms with Crippen molar-refractivity contribution in [3.05, 3.63) is 194 Å². The number of thioether (sulfide) groups is 1. The minimum Gasteiger partial charge on any atom is -0.332 e. The Bertz CT molecular complexity index is 2760. The quantitative estimate of drug-likeness (QED) is 0.167. The average molecular weight is 727 g/mol. The van der Waals surface area contributed by atoms with Crippen LogP contribution in [0.2, 0.25) is 0 Å². The number of anilines is 5. The van der Waals surface area contributed by atoms with Gasteiger partial charge in [0, 0.05) is 25.5 Å². The molecule has 2 atom stereocenters. The van der Waals surface area contributed by atoms with Crippen LogP contribution in [0.25, 0.3) is 43.8 Å². The molecule has 0 radical (unpaired) electrons. The number of benzene rings is 8. The third-order valence-corrected chi connectivity index (χ3v) is 13.4. The van der Waals surface area contributed by atoms with Crippen molar-refractivity contribution in [3.8, 4) is 22.3 Å². The fourth-order valence-electron chi connectivity index (χ4n) is 8.72. The first kappa shape index (κ1) is 31.6. The summed E-state index contributed by atoms with van der Waals surface area (Å²) in [5.41, 5.74) is 11.0. The molecule has 256 valence electrons. The highest BCUT2D eigenvalue weighted by molar-refractivity contribution is 8.00. The molecule has 0 N–H and O–H groups in total. The minimum absolute atomic E-state index is 0.171. The van der Waals surface area contributed by atoms with Crippen LogP contribution >= 0.6 is 23.5 Å². The van der Waals surface area contributed by atoms with E-state index in [0.29, 0.717) is 5.25 Å². The molecule has 0 saturated heterocycles. The SMILES string of the molecule is C1=CC2Sc3ccccc3N(c3cccc4c(-c5ccccc5)c5c(N6c7ccccc7Sc7ccccc76)cccc5c(-c5ccccc5)c34)C2C=C1. The van der Waals surface area contributed by atoms with Crippen molar-refractivity contribution in [2.75, 3.05) is 9.80 Å². The molecule has 0 fully saturated rings. The number of hydrogen-bond acceptors (Lipinski definition) is 4. The van der Waals surface area contributed by atoms with Gasteiger partial charge in [0.2, 0.25) is 0 Å². The van der Waals surface area contributed by atoms with E-state index in [1.807, 2.05) is 23.5 Å². The predicted octanol–water partition coefficient (Wildman–Crippen LogP) is 14.4. The van der Waals surface area contributed by atoms with E-state index in [-0.39, 0.29) is 6.04 Å². The van der Waals surface area contributed by atoms with Gasteiger partial charge in [-0.25, -0.2) is 0 Å². The molecule has 2 heterocycles. The summed E-state index contributed by atoms with van der Waals surface area (Å²) in [6, 6.07) is 62.8. The molecule has 8 aromatic carbocycles. The summed E-state index contributed by atoms with van der Waals surface area (Å²) in [5.74, 6) is 0. The monoisotopic (exact) mass is 726 g/mol. The maximum atomic E-state index is 2.62. The molecular formula is C50H34N2S2. The Kier molecular flexibility index (Phi) is 7.53. The second kappa shape index (κ2) is 12.9. The van der Waals surface area contributed by atoms with Crippen molar-refractivity contribution in [2.24, 2.45) is 0 Å². The largest absolute Gasteiger partial charge is 0.332 e. The number of fused-ring (bicyclic) bond motifs is 6. The average Bonchev–Trinajstić information content (AvgIpc) is 3.24. The van der Waals surface area contributed by atoms with Gasteiger partial charge >= 0.3 is 0 Å². The maximum Gasteiger partial charge on any atom is 0.0683 e. The van der Waals surface area contributed by atoms with Crippen LogP contribution in [0.1, 0.15) is 0 Å². The smallest absolute Gasteiger partial charge is 0.0683 e. The number of allylic oxidation sites excluding steroid dienone is 2. The van der Waals surface area contributed by atoms with Crippen LogP contribution in [0.3, 0.4) is 0 Å². The summed E-state index contributed by atoms with van der Waals surface area (Å²) >= 11 is 3.82. The van der Waals surface area contributed by atoms with Gasteiger partial charge in [-0.3, -0.25) is 0 Å². The fraction of sp³-hybridized carbons (Fsp3) is 0.0400. The zero-order valence-electron chi connectivity index (χ0n) is 29.3. The molecule has 0 spiro atoms. The standard InChI is InChI=1S/C50H34N2S2/c1-3-17-33(18-4-1)47-35-21-15-28-42(52-39-25-9-13-31-45(39)54-46-32-14-10-26-40(46)52)50(35)48(34-19-5-2-6-20-34)36-22-16-27-41(49(36)47)51-37-23-7-11-29-43(37)53-44-30-12-8-24-38(44)51/h1-32,37,43H.